The quantitative estimate of drug-likeness (QED) is 0.814. The van der Waals surface area contributed by atoms with Crippen molar-refractivity contribution in [3.63, 3.8) is 0 Å². The Morgan fingerprint density at radius 1 is 1.33 bits per heavy atom. The van der Waals surface area contributed by atoms with Crippen molar-refractivity contribution < 1.29 is 14.6 Å². The molecule has 2 N–H and O–H groups in total. The molecule has 1 amide bonds. The number of rotatable bonds is 4. The van der Waals surface area contributed by atoms with E-state index >= 15 is 0 Å². The molecule has 0 aromatic heterocycles. The number of benzene rings is 1. The molecular formula is C16H22BrNO3. The molecule has 5 heteroatoms. The van der Waals surface area contributed by atoms with E-state index in [0.29, 0.717) is 22.3 Å². The zero-order valence-electron chi connectivity index (χ0n) is 12.3. The minimum absolute atomic E-state index is 0.196. The molecule has 1 fully saturated rings. The minimum Gasteiger partial charge on any atom is -0.497 e. The number of ether oxygens (including phenoxy) is 1. The number of carbonyl (C=O) groups is 1. The lowest BCUT2D eigenvalue weighted by Gasteiger charge is -2.26. The maximum absolute atomic E-state index is 12.3. The predicted molar refractivity (Wildman–Crippen MR) is 85.7 cm³/mol. The first-order chi connectivity index (χ1) is 10.0. The molecule has 0 saturated heterocycles. The van der Waals surface area contributed by atoms with E-state index in [-0.39, 0.29) is 5.91 Å². The van der Waals surface area contributed by atoms with Crippen LogP contribution >= 0.6 is 15.9 Å². The lowest BCUT2D eigenvalue weighted by Crippen LogP contribution is -2.42. The molecule has 1 aromatic rings. The van der Waals surface area contributed by atoms with E-state index in [1.807, 2.05) is 0 Å². The van der Waals surface area contributed by atoms with E-state index in [1.54, 1.807) is 25.3 Å². The van der Waals surface area contributed by atoms with E-state index in [9.17, 15) is 9.90 Å². The predicted octanol–water partition coefficient (Wildman–Crippen LogP) is 3.27. The van der Waals surface area contributed by atoms with Gasteiger partial charge in [-0.1, -0.05) is 25.7 Å². The lowest BCUT2D eigenvalue weighted by molar-refractivity contribution is 0.0246. The fraction of sp³-hybridized carbons (Fsp3) is 0.562. The van der Waals surface area contributed by atoms with Crippen LogP contribution in [0.3, 0.4) is 0 Å². The smallest absolute Gasteiger partial charge is 0.252 e. The first-order valence-corrected chi connectivity index (χ1v) is 8.17. The molecule has 0 unspecified atom stereocenters. The first-order valence-electron chi connectivity index (χ1n) is 7.38. The fourth-order valence-electron chi connectivity index (χ4n) is 2.71. The van der Waals surface area contributed by atoms with Gasteiger partial charge in [0.05, 0.1) is 18.3 Å². The van der Waals surface area contributed by atoms with Gasteiger partial charge in [0.1, 0.15) is 5.75 Å². The maximum Gasteiger partial charge on any atom is 0.252 e. The van der Waals surface area contributed by atoms with E-state index in [2.05, 4.69) is 21.2 Å². The Bertz CT molecular complexity index is 496. The van der Waals surface area contributed by atoms with Gasteiger partial charge in [0.2, 0.25) is 0 Å². The third kappa shape index (κ3) is 4.45. The topological polar surface area (TPSA) is 58.6 Å². The number of amides is 1. The van der Waals surface area contributed by atoms with Crippen LogP contribution < -0.4 is 10.1 Å². The molecule has 21 heavy (non-hydrogen) atoms. The second-order valence-corrected chi connectivity index (χ2v) is 6.52. The van der Waals surface area contributed by atoms with Crippen LogP contribution in [0.15, 0.2) is 22.7 Å². The van der Waals surface area contributed by atoms with E-state index in [0.717, 1.165) is 38.5 Å². The number of nitrogens with one attached hydrogen (secondary N) is 1. The summed E-state index contributed by atoms with van der Waals surface area (Å²) in [5, 5.41) is 13.4. The number of methoxy groups -OCH3 is 1. The van der Waals surface area contributed by atoms with E-state index < -0.39 is 5.60 Å². The van der Waals surface area contributed by atoms with Gasteiger partial charge in [0, 0.05) is 11.0 Å². The molecular weight excluding hydrogens is 334 g/mol. The summed E-state index contributed by atoms with van der Waals surface area (Å²) >= 11 is 3.37. The van der Waals surface area contributed by atoms with E-state index in [1.165, 1.54) is 0 Å². The molecule has 0 heterocycles. The van der Waals surface area contributed by atoms with Crippen LogP contribution in [0, 0.1) is 0 Å². The molecule has 4 nitrogen and oxygen atoms in total. The molecule has 0 spiro atoms. The van der Waals surface area contributed by atoms with Crippen molar-refractivity contribution in [3.8, 4) is 5.75 Å². The van der Waals surface area contributed by atoms with Gasteiger partial charge in [0.25, 0.3) is 5.91 Å². The summed E-state index contributed by atoms with van der Waals surface area (Å²) in [5.74, 6) is 0.440. The van der Waals surface area contributed by atoms with Crippen LogP contribution in [-0.2, 0) is 0 Å². The average Bonchev–Trinajstić information content (AvgIpc) is 2.71. The number of carbonyl (C=O) groups excluding carboxylic acids is 1. The molecule has 0 bridgehead atoms. The Hall–Kier alpha value is -1.07. The van der Waals surface area contributed by atoms with Crippen LogP contribution in [0.2, 0.25) is 0 Å². The highest BCUT2D eigenvalue weighted by atomic mass is 79.9. The van der Waals surface area contributed by atoms with Gasteiger partial charge < -0.3 is 15.2 Å². The van der Waals surface area contributed by atoms with Gasteiger partial charge in [0.15, 0.2) is 0 Å². The van der Waals surface area contributed by atoms with Crippen molar-refractivity contribution in [2.45, 2.75) is 44.1 Å². The first kappa shape index (κ1) is 16.3. The zero-order chi connectivity index (χ0) is 15.3. The second-order valence-electron chi connectivity index (χ2n) is 5.67. The molecule has 116 valence electrons. The minimum atomic E-state index is -0.766. The van der Waals surface area contributed by atoms with Crippen molar-refractivity contribution in [1.82, 2.24) is 5.32 Å². The number of aliphatic hydroxyl groups is 1. The average molecular weight is 356 g/mol. The van der Waals surface area contributed by atoms with Gasteiger partial charge in [-0.25, -0.2) is 0 Å². The normalized spacial score (nSPS) is 17.9. The molecule has 1 aliphatic carbocycles. The third-order valence-corrected chi connectivity index (χ3v) is 4.72. The molecule has 0 aliphatic heterocycles. The summed E-state index contributed by atoms with van der Waals surface area (Å²) < 4.78 is 5.86. The Kier molecular flexibility index (Phi) is 5.65. The summed E-state index contributed by atoms with van der Waals surface area (Å²) in [5.41, 5.74) is -0.246. The molecule has 1 aliphatic rings. The SMILES string of the molecule is COc1ccc(Br)c(C(=O)NCC2(O)CCCCCC2)c1. The molecule has 0 radical (unpaired) electrons. The van der Waals surface area contributed by atoms with Crippen LogP contribution in [-0.4, -0.2) is 30.3 Å². The number of hydrogen-bond acceptors (Lipinski definition) is 3. The Morgan fingerprint density at radius 2 is 2.00 bits per heavy atom. The largest absolute Gasteiger partial charge is 0.497 e. The summed E-state index contributed by atoms with van der Waals surface area (Å²) in [6.07, 6.45) is 5.89. The summed E-state index contributed by atoms with van der Waals surface area (Å²) in [4.78, 5) is 12.3. The third-order valence-electron chi connectivity index (χ3n) is 4.03. The second kappa shape index (κ2) is 7.27. The van der Waals surface area contributed by atoms with Crippen LogP contribution in [0.4, 0.5) is 0 Å². The van der Waals surface area contributed by atoms with Gasteiger partial charge in [-0.15, -0.1) is 0 Å². The summed E-state index contributed by atoms with van der Waals surface area (Å²) in [6, 6.07) is 5.27. The number of halogens is 1. The van der Waals surface area contributed by atoms with Crippen LogP contribution in [0.5, 0.6) is 5.75 Å². The van der Waals surface area contributed by atoms with Crippen molar-refractivity contribution in [3.05, 3.63) is 28.2 Å². The van der Waals surface area contributed by atoms with Crippen molar-refractivity contribution in [2.75, 3.05) is 13.7 Å². The van der Waals surface area contributed by atoms with Gasteiger partial charge >= 0.3 is 0 Å². The highest BCUT2D eigenvalue weighted by Crippen LogP contribution is 2.27. The molecule has 1 aromatic carbocycles. The van der Waals surface area contributed by atoms with Crippen molar-refractivity contribution >= 4 is 21.8 Å². The standard InChI is InChI=1S/C16H22BrNO3/c1-21-12-6-7-14(17)13(10-12)15(19)18-11-16(20)8-4-2-3-5-9-16/h6-7,10,20H,2-5,8-9,11H2,1H3,(H,18,19). The van der Waals surface area contributed by atoms with Gasteiger partial charge in [-0.2, -0.15) is 0 Å². The Labute approximate surface area is 134 Å². The van der Waals surface area contributed by atoms with Gasteiger partial charge in [-0.3, -0.25) is 4.79 Å². The number of hydrogen-bond donors (Lipinski definition) is 2. The van der Waals surface area contributed by atoms with E-state index in [4.69, 9.17) is 4.74 Å². The zero-order valence-corrected chi connectivity index (χ0v) is 13.9. The highest BCUT2D eigenvalue weighted by Gasteiger charge is 2.28. The molecule has 1 saturated carbocycles. The van der Waals surface area contributed by atoms with Crippen molar-refractivity contribution in [2.24, 2.45) is 0 Å². The lowest BCUT2D eigenvalue weighted by atomic mass is 9.94. The molecule has 2 rings (SSSR count). The van der Waals surface area contributed by atoms with Crippen LogP contribution in [0.25, 0.3) is 0 Å². The monoisotopic (exact) mass is 355 g/mol. The maximum atomic E-state index is 12.3. The Balaban J connectivity index is 2.01. The molecule has 0 atom stereocenters. The summed E-state index contributed by atoms with van der Waals surface area (Å²) in [7, 11) is 1.57. The van der Waals surface area contributed by atoms with Crippen molar-refractivity contribution in [1.29, 1.82) is 0 Å². The highest BCUT2D eigenvalue weighted by molar-refractivity contribution is 9.10. The van der Waals surface area contributed by atoms with Crippen LogP contribution in [0.1, 0.15) is 48.9 Å². The van der Waals surface area contributed by atoms with Gasteiger partial charge in [-0.05, 0) is 47.0 Å². The Morgan fingerprint density at radius 3 is 2.62 bits per heavy atom. The summed E-state index contributed by atoms with van der Waals surface area (Å²) in [6.45, 7) is 0.301. The fourth-order valence-corrected chi connectivity index (χ4v) is 3.14.